The average molecular weight is 320 g/mol. The Balaban J connectivity index is 1.95. The summed E-state index contributed by atoms with van der Waals surface area (Å²) in [6.45, 7) is 7.28. The van der Waals surface area contributed by atoms with Crippen molar-refractivity contribution in [3.8, 4) is 0 Å². The molecule has 6 heteroatoms. The van der Waals surface area contributed by atoms with E-state index in [0.717, 1.165) is 16.5 Å². The van der Waals surface area contributed by atoms with E-state index in [9.17, 15) is 9.90 Å². The van der Waals surface area contributed by atoms with Crippen LogP contribution >= 0.6 is 11.3 Å². The van der Waals surface area contributed by atoms with E-state index in [1.165, 1.54) is 17.4 Å². The van der Waals surface area contributed by atoms with Gasteiger partial charge < -0.3 is 14.8 Å². The van der Waals surface area contributed by atoms with Gasteiger partial charge in [-0.2, -0.15) is 0 Å². The van der Waals surface area contributed by atoms with Crippen molar-refractivity contribution < 1.29 is 14.3 Å². The molecule has 1 amide bonds. The SMILES string of the molecule is Cc1cc(C(C)(O)CNC(=O)/C=C/c2csc(C)n2)c(C)o1. The maximum Gasteiger partial charge on any atom is 0.244 e. The van der Waals surface area contributed by atoms with Gasteiger partial charge in [-0.1, -0.05) is 0 Å². The topological polar surface area (TPSA) is 75.4 Å². The average Bonchev–Trinajstić information content (AvgIpc) is 3.00. The van der Waals surface area contributed by atoms with Crippen molar-refractivity contribution in [1.82, 2.24) is 10.3 Å². The lowest BCUT2D eigenvalue weighted by molar-refractivity contribution is -0.117. The van der Waals surface area contributed by atoms with Gasteiger partial charge in [0, 0.05) is 17.0 Å². The highest BCUT2D eigenvalue weighted by atomic mass is 32.1. The first-order valence-corrected chi connectivity index (χ1v) is 7.84. The summed E-state index contributed by atoms with van der Waals surface area (Å²) in [5.74, 6) is 1.12. The number of hydrogen-bond donors (Lipinski definition) is 2. The lowest BCUT2D eigenvalue weighted by Gasteiger charge is -2.22. The Morgan fingerprint density at radius 1 is 1.50 bits per heavy atom. The van der Waals surface area contributed by atoms with E-state index in [1.807, 2.05) is 19.2 Å². The Morgan fingerprint density at radius 2 is 2.23 bits per heavy atom. The molecule has 1 atom stereocenters. The lowest BCUT2D eigenvalue weighted by Crippen LogP contribution is -2.38. The fourth-order valence-electron chi connectivity index (χ4n) is 2.20. The Kier molecular flexibility index (Phi) is 4.83. The molecule has 0 aliphatic carbocycles. The minimum Gasteiger partial charge on any atom is -0.466 e. The van der Waals surface area contributed by atoms with Crippen LogP contribution in [0.5, 0.6) is 0 Å². The highest BCUT2D eigenvalue weighted by molar-refractivity contribution is 7.09. The van der Waals surface area contributed by atoms with Crippen molar-refractivity contribution in [2.75, 3.05) is 6.54 Å². The van der Waals surface area contributed by atoms with E-state index in [0.29, 0.717) is 11.3 Å². The van der Waals surface area contributed by atoms with Gasteiger partial charge in [-0.25, -0.2) is 4.98 Å². The quantitative estimate of drug-likeness (QED) is 0.831. The summed E-state index contributed by atoms with van der Waals surface area (Å²) >= 11 is 1.53. The molecule has 0 saturated carbocycles. The van der Waals surface area contributed by atoms with Crippen LogP contribution in [0.2, 0.25) is 0 Å². The van der Waals surface area contributed by atoms with Gasteiger partial charge in [-0.15, -0.1) is 11.3 Å². The van der Waals surface area contributed by atoms with Crippen LogP contribution in [0.4, 0.5) is 0 Å². The van der Waals surface area contributed by atoms with Gasteiger partial charge >= 0.3 is 0 Å². The van der Waals surface area contributed by atoms with Crippen molar-refractivity contribution in [1.29, 1.82) is 0 Å². The van der Waals surface area contributed by atoms with E-state index in [-0.39, 0.29) is 12.5 Å². The van der Waals surface area contributed by atoms with Crippen LogP contribution in [0, 0.1) is 20.8 Å². The summed E-state index contributed by atoms with van der Waals surface area (Å²) in [4.78, 5) is 16.1. The van der Waals surface area contributed by atoms with Gasteiger partial charge in [0.15, 0.2) is 0 Å². The predicted molar refractivity (Wildman–Crippen MR) is 86.6 cm³/mol. The molecule has 0 aliphatic rings. The molecule has 0 aromatic carbocycles. The molecule has 2 heterocycles. The van der Waals surface area contributed by atoms with Gasteiger partial charge in [0.25, 0.3) is 0 Å². The first-order chi connectivity index (χ1) is 10.3. The molecule has 2 rings (SSSR count). The standard InChI is InChI=1S/C16H20N2O3S/c1-10-7-14(11(2)21-10)16(4,20)9-17-15(19)6-5-13-8-22-12(3)18-13/h5-8,20H,9H2,1-4H3,(H,17,19)/b6-5+. The first-order valence-electron chi connectivity index (χ1n) is 6.96. The van der Waals surface area contributed by atoms with E-state index < -0.39 is 5.60 Å². The van der Waals surface area contributed by atoms with Crippen LogP contribution in [0.1, 0.15) is 34.7 Å². The number of aromatic nitrogens is 1. The van der Waals surface area contributed by atoms with Crippen molar-refractivity contribution in [3.63, 3.8) is 0 Å². The smallest absolute Gasteiger partial charge is 0.244 e. The molecule has 0 spiro atoms. The predicted octanol–water partition coefficient (Wildman–Crippen LogP) is 2.70. The first kappa shape index (κ1) is 16.5. The third-order valence-corrected chi connectivity index (χ3v) is 4.06. The number of hydrogen-bond acceptors (Lipinski definition) is 5. The van der Waals surface area contributed by atoms with Crippen molar-refractivity contribution in [3.05, 3.63) is 45.3 Å². The summed E-state index contributed by atoms with van der Waals surface area (Å²) in [5.41, 5.74) is 0.262. The number of furan rings is 1. The molecular weight excluding hydrogens is 300 g/mol. The number of aliphatic hydroxyl groups is 1. The fourth-order valence-corrected chi connectivity index (χ4v) is 2.78. The second kappa shape index (κ2) is 6.46. The van der Waals surface area contributed by atoms with Gasteiger partial charge in [-0.3, -0.25) is 4.79 Å². The van der Waals surface area contributed by atoms with Crippen LogP contribution in [-0.4, -0.2) is 22.5 Å². The number of nitrogens with zero attached hydrogens (tertiary/aromatic N) is 1. The number of carbonyl (C=O) groups is 1. The van der Waals surface area contributed by atoms with Crippen molar-refractivity contribution in [2.24, 2.45) is 0 Å². The monoisotopic (exact) mass is 320 g/mol. The van der Waals surface area contributed by atoms with E-state index in [4.69, 9.17) is 4.42 Å². The highest BCUT2D eigenvalue weighted by Gasteiger charge is 2.27. The highest BCUT2D eigenvalue weighted by Crippen LogP contribution is 2.26. The molecule has 2 N–H and O–H groups in total. The molecule has 0 bridgehead atoms. The Labute approximate surface area is 133 Å². The molecule has 0 saturated heterocycles. The van der Waals surface area contributed by atoms with Gasteiger partial charge in [0.1, 0.15) is 17.1 Å². The van der Waals surface area contributed by atoms with Crippen LogP contribution in [0.15, 0.2) is 21.9 Å². The second-order valence-electron chi connectivity index (χ2n) is 5.44. The molecule has 22 heavy (non-hydrogen) atoms. The maximum atomic E-state index is 11.8. The van der Waals surface area contributed by atoms with Crippen LogP contribution in [0.3, 0.4) is 0 Å². The number of nitrogens with one attached hydrogen (secondary N) is 1. The van der Waals surface area contributed by atoms with Gasteiger partial charge in [0.05, 0.1) is 17.2 Å². The zero-order chi connectivity index (χ0) is 16.3. The Morgan fingerprint density at radius 3 is 2.77 bits per heavy atom. The fraction of sp³-hybridized carbons (Fsp3) is 0.375. The largest absolute Gasteiger partial charge is 0.466 e. The third-order valence-electron chi connectivity index (χ3n) is 3.27. The second-order valence-corrected chi connectivity index (χ2v) is 6.51. The molecule has 1 unspecified atom stereocenters. The minimum absolute atomic E-state index is 0.103. The Hall–Kier alpha value is -1.92. The summed E-state index contributed by atoms with van der Waals surface area (Å²) in [5, 5.41) is 16.0. The third kappa shape index (κ3) is 4.05. The van der Waals surface area contributed by atoms with E-state index in [1.54, 1.807) is 26.0 Å². The summed E-state index contributed by atoms with van der Waals surface area (Å²) < 4.78 is 5.42. The van der Waals surface area contributed by atoms with Gasteiger partial charge in [0.2, 0.25) is 5.91 Å². The molecule has 0 aliphatic heterocycles. The molecule has 5 nitrogen and oxygen atoms in total. The number of rotatable bonds is 5. The molecule has 0 radical (unpaired) electrons. The Bertz CT molecular complexity index is 698. The summed E-state index contributed by atoms with van der Waals surface area (Å²) in [6.07, 6.45) is 3.07. The summed E-state index contributed by atoms with van der Waals surface area (Å²) in [6, 6.07) is 1.79. The lowest BCUT2D eigenvalue weighted by atomic mass is 9.96. The molecule has 118 valence electrons. The number of aryl methyl sites for hydroxylation is 3. The zero-order valence-electron chi connectivity index (χ0n) is 13.1. The minimum atomic E-state index is -1.18. The van der Waals surface area contributed by atoms with Crippen LogP contribution in [0.25, 0.3) is 6.08 Å². The van der Waals surface area contributed by atoms with Gasteiger partial charge in [-0.05, 0) is 39.8 Å². The number of carbonyl (C=O) groups excluding carboxylic acids is 1. The molecule has 2 aromatic heterocycles. The number of thiazole rings is 1. The van der Waals surface area contributed by atoms with Crippen molar-refractivity contribution >= 4 is 23.3 Å². The summed E-state index contributed by atoms with van der Waals surface area (Å²) in [7, 11) is 0. The van der Waals surface area contributed by atoms with E-state index in [2.05, 4.69) is 10.3 Å². The van der Waals surface area contributed by atoms with Crippen LogP contribution in [-0.2, 0) is 10.4 Å². The molecular formula is C16H20N2O3S. The molecule has 2 aromatic rings. The van der Waals surface area contributed by atoms with Crippen molar-refractivity contribution in [2.45, 2.75) is 33.3 Å². The zero-order valence-corrected chi connectivity index (χ0v) is 14.0. The molecule has 0 fully saturated rings. The van der Waals surface area contributed by atoms with E-state index >= 15 is 0 Å². The number of amides is 1. The van der Waals surface area contributed by atoms with Crippen LogP contribution < -0.4 is 5.32 Å². The maximum absolute atomic E-state index is 11.8. The normalized spacial score (nSPS) is 14.2.